The van der Waals surface area contributed by atoms with Crippen molar-refractivity contribution in [3.05, 3.63) is 73.7 Å². The van der Waals surface area contributed by atoms with Gasteiger partial charge in [-0.05, 0) is 24.9 Å². The van der Waals surface area contributed by atoms with Gasteiger partial charge in [-0.3, -0.25) is 0 Å². The smallest absolute Gasteiger partial charge is 0.434 e. The van der Waals surface area contributed by atoms with Crippen molar-refractivity contribution in [2.24, 2.45) is 0 Å². The summed E-state index contributed by atoms with van der Waals surface area (Å²) in [6.45, 7) is 34.8. The average molecular weight is 591 g/mol. The Kier molecular flexibility index (Phi) is 18.1. The first kappa shape index (κ1) is 36.6. The maximum atomic E-state index is 11.9. The standard InChI is InChI=1S/C31H58O3Si4/c1-11-37(12-2,13-3)29-21-27-35(7,8)25-19-17-23-33-31(32)34-24-18-20-26-36(9,10)28-22-30-38(14-4,15-5)16-6/h11-16H,1-6,17-30H2,7-10H3. The van der Waals surface area contributed by atoms with E-state index in [4.69, 9.17) is 9.47 Å². The summed E-state index contributed by atoms with van der Waals surface area (Å²) in [7, 11) is -5.86. The fourth-order valence-electron chi connectivity index (χ4n) is 4.87. The quantitative estimate of drug-likeness (QED) is 0.0637. The summed E-state index contributed by atoms with van der Waals surface area (Å²) in [5.74, 6) is 0. The van der Waals surface area contributed by atoms with Gasteiger partial charge in [0.25, 0.3) is 0 Å². The van der Waals surface area contributed by atoms with Gasteiger partial charge in [-0.25, -0.2) is 4.79 Å². The molecule has 38 heavy (non-hydrogen) atoms. The summed E-state index contributed by atoms with van der Waals surface area (Å²) in [6.07, 6.45) is 5.95. The number of unbranched alkanes of at least 4 members (excludes halogenated alkanes) is 2. The van der Waals surface area contributed by atoms with Gasteiger partial charge in [0.15, 0.2) is 0 Å². The highest BCUT2D eigenvalue weighted by Crippen LogP contribution is 2.27. The third-order valence-electron chi connectivity index (χ3n) is 8.14. The topological polar surface area (TPSA) is 35.5 Å². The average Bonchev–Trinajstić information content (AvgIpc) is 2.89. The van der Waals surface area contributed by atoms with Crippen molar-refractivity contribution in [1.29, 1.82) is 0 Å². The molecule has 0 atom stereocenters. The Morgan fingerprint density at radius 2 is 0.789 bits per heavy atom. The van der Waals surface area contributed by atoms with Crippen LogP contribution >= 0.6 is 0 Å². The molecule has 0 radical (unpaired) electrons. The van der Waals surface area contributed by atoms with Crippen LogP contribution < -0.4 is 0 Å². The number of carbonyl (C=O) groups excluding carboxylic acids is 1. The van der Waals surface area contributed by atoms with Gasteiger partial charge in [-0.15, -0.1) is 39.5 Å². The molecular formula is C31H58O3Si4. The van der Waals surface area contributed by atoms with Crippen LogP contribution in [-0.4, -0.2) is 51.7 Å². The molecule has 216 valence electrons. The maximum Gasteiger partial charge on any atom is 0.508 e. The van der Waals surface area contributed by atoms with Crippen LogP contribution in [0.15, 0.2) is 73.7 Å². The molecule has 0 aliphatic heterocycles. The van der Waals surface area contributed by atoms with E-state index in [0.717, 1.165) is 37.8 Å². The monoisotopic (exact) mass is 590 g/mol. The normalized spacial score (nSPS) is 12.3. The first-order chi connectivity index (χ1) is 17.9. The Balaban J connectivity index is 3.99. The van der Waals surface area contributed by atoms with E-state index in [-0.39, 0.29) is 0 Å². The van der Waals surface area contributed by atoms with Crippen molar-refractivity contribution < 1.29 is 14.3 Å². The minimum Gasteiger partial charge on any atom is -0.434 e. The predicted molar refractivity (Wildman–Crippen MR) is 181 cm³/mol. The predicted octanol–water partition coefficient (Wildman–Crippen LogP) is 10.1. The summed E-state index contributed by atoms with van der Waals surface area (Å²) in [4.78, 5) is 11.9. The summed E-state index contributed by atoms with van der Waals surface area (Å²) < 4.78 is 10.6. The Morgan fingerprint density at radius 3 is 1.08 bits per heavy atom. The van der Waals surface area contributed by atoms with Gasteiger partial charge < -0.3 is 9.47 Å². The largest absolute Gasteiger partial charge is 0.508 e. The van der Waals surface area contributed by atoms with Crippen molar-refractivity contribution in [1.82, 2.24) is 0 Å². The molecule has 0 rings (SSSR count). The first-order valence-corrected chi connectivity index (χ1v) is 26.2. The molecule has 0 unspecified atom stereocenters. The SMILES string of the molecule is C=C[Si](C=C)(C=C)CCC[Si](C)(C)CCCCOC(=O)OCCCC[Si](C)(C)CCC[Si](C=C)(C=C)C=C. The number of hydrogen-bond donors (Lipinski definition) is 0. The molecule has 0 aromatic heterocycles. The Bertz CT molecular complexity index is 668. The van der Waals surface area contributed by atoms with Crippen LogP contribution in [0.3, 0.4) is 0 Å². The van der Waals surface area contributed by atoms with E-state index in [0.29, 0.717) is 13.2 Å². The lowest BCUT2D eigenvalue weighted by molar-refractivity contribution is 0.0535. The third-order valence-corrected chi connectivity index (χ3v) is 22.0. The number of ether oxygens (including phenoxy) is 2. The van der Waals surface area contributed by atoms with Crippen LogP contribution in [0.1, 0.15) is 38.5 Å². The van der Waals surface area contributed by atoms with Gasteiger partial charge in [0.2, 0.25) is 0 Å². The summed E-state index contributed by atoms with van der Waals surface area (Å²) in [6, 6.07) is 7.46. The Morgan fingerprint density at radius 1 is 0.500 bits per heavy atom. The van der Waals surface area contributed by atoms with Gasteiger partial charge in [0.05, 0.1) is 13.2 Å². The molecule has 0 fully saturated rings. The molecule has 3 nitrogen and oxygen atoms in total. The molecule has 0 N–H and O–H groups in total. The van der Waals surface area contributed by atoms with Gasteiger partial charge >= 0.3 is 6.16 Å². The second-order valence-electron chi connectivity index (χ2n) is 12.3. The summed E-state index contributed by atoms with van der Waals surface area (Å²) in [5.41, 5.74) is 12.5. The van der Waals surface area contributed by atoms with Crippen molar-refractivity contribution in [2.45, 2.75) is 101 Å². The molecule has 0 aliphatic carbocycles. The fourth-order valence-corrected chi connectivity index (χ4v) is 14.6. The zero-order valence-corrected chi connectivity index (χ0v) is 29.3. The Hall–Kier alpha value is -1.42. The van der Waals surface area contributed by atoms with Crippen LogP contribution in [0.25, 0.3) is 0 Å². The minimum absolute atomic E-state index is 0.452. The second-order valence-corrected chi connectivity index (χ2v) is 30.9. The van der Waals surface area contributed by atoms with Gasteiger partial charge in [-0.1, -0.05) is 110 Å². The molecule has 0 heterocycles. The van der Waals surface area contributed by atoms with E-state index in [1.165, 1.54) is 37.0 Å². The lowest BCUT2D eigenvalue weighted by Crippen LogP contribution is -2.29. The lowest BCUT2D eigenvalue weighted by Gasteiger charge is -2.25. The van der Waals surface area contributed by atoms with Crippen LogP contribution in [0, 0.1) is 0 Å². The number of hydrogen-bond acceptors (Lipinski definition) is 3. The van der Waals surface area contributed by atoms with Gasteiger partial charge in [-0.2, -0.15) is 0 Å². The molecule has 7 heteroatoms. The molecule has 0 bridgehead atoms. The zero-order chi connectivity index (χ0) is 29.1. The van der Waals surface area contributed by atoms with E-state index >= 15 is 0 Å². The van der Waals surface area contributed by atoms with Crippen molar-refractivity contribution in [2.75, 3.05) is 13.2 Å². The number of carbonyl (C=O) groups is 1. The molecular weight excluding hydrogens is 533 g/mol. The summed E-state index contributed by atoms with van der Waals surface area (Å²) in [5, 5.41) is 0. The van der Waals surface area contributed by atoms with Crippen LogP contribution in [0.2, 0.25) is 62.5 Å². The van der Waals surface area contributed by atoms with E-state index in [2.05, 4.69) is 99.9 Å². The van der Waals surface area contributed by atoms with Crippen LogP contribution in [0.4, 0.5) is 4.79 Å². The van der Waals surface area contributed by atoms with Crippen molar-refractivity contribution >= 4 is 38.5 Å². The van der Waals surface area contributed by atoms with Gasteiger partial charge in [0.1, 0.15) is 16.1 Å². The molecule has 0 saturated heterocycles. The van der Waals surface area contributed by atoms with Crippen LogP contribution in [-0.2, 0) is 9.47 Å². The molecule has 0 aromatic carbocycles. The fraction of sp³-hybridized carbons (Fsp3) is 0.581. The number of rotatable bonds is 24. The summed E-state index contributed by atoms with van der Waals surface area (Å²) >= 11 is 0. The molecule has 0 spiro atoms. The van der Waals surface area contributed by atoms with E-state index in [1.54, 1.807) is 0 Å². The van der Waals surface area contributed by atoms with Crippen molar-refractivity contribution in [3.8, 4) is 0 Å². The second kappa shape index (κ2) is 18.8. The molecule has 0 amide bonds. The minimum atomic E-state index is -1.68. The molecule has 0 saturated carbocycles. The zero-order valence-electron chi connectivity index (χ0n) is 25.3. The molecule has 0 aliphatic rings. The lowest BCUT2D eigenvalue weighted by atomic mass is 10.3. The Labute approximate surface area is 239 Å². The van der Waals surface area contributed by atoms with Crippen molar-refractivity contribution in [3.63, 3.8) is 0 Å². The van der Waals surface area contributed by atoms with Gasteiger partial charge in [0, 0.05) is 16.1 Å². The van der Waals surface area contributed by atoms with E-state index in [1.807, 2.05) is 0 Å². The highest BCUT2D eigenvalue weighted by molar-refractivity contribution is 6.93. The first-order valence-electron chi connectivity index (χ1n) is 14.5. The van der Waals surface area contributed by atoms with E-state index in [9.17, 15) is 4.79 Å². The third kappa shape index (κ3) is 15.2. The maximum absolute atomic E-state index is 11.9. The highest BCUT2D eigenvalue weighted by atomic mass is 28.3. The molecule has 0 aromatic rings. The van der Waals surface area contributed by atoms with E-state index < -0.39 is 38.5 Å². The highest BCUT2D eigenvalue weighted by Gasteiger charge is 2.26. The van der Waals surface area contributed by atoms with Crippen LogP contribution in [0.5, 0.6) is 0 Å².